The van der Waals surface area contributed by atoms with Crippen molar-refractivity contribution in [2.45, 2.75) is 25.3 Å². The van der Waals surface area contributed by atoms with Crippen molar-refractivity contribution in [3.8, 4) is 0 Å². The first kappa shape index (κ1) is 15.9. The Bertz CT molecular complexity index is 298. The molecule has 0 saturated heterocycles. The van der Waals surface area contributed by atoms with Crippen LogP contribution in [0, 0.1) is 5.92 Å². The second-order valence-electron chi connectivity index (χ2n) is 3.15. The molecule has 3 N–H and O–H groups in total. The lowest BCUT2D eigenvalue weighted by atomic mass is 10.1. The Morgan fingerprint density at radius 3 is 1.76 bits per heavy atom. The molecule has 0 aromatic heterocycles. The number of nitrogens with two attached hydrogens (primary N) is 1. The summed E-state index contributed by atoms with van der Waals surface area (Å²) in [6, 6.07) is -1.26. The maximum absolute atomic E-state index is 12.1. The molecule has 17 heavy (non-hydrogen) atoms. The van der Waals surface area contributed by atoms with E-state index in [4.69, 9.17) is 5.73 Å². The quantitative estimate of drug-likeness (QED) is 0.609. The molecule has 1 atom stereocenters. The minimum Gasteiger partial charge on any atom is -0.392 e. The largest absolute Gasteiger partial charge is 0.409 e. The average molecular weight is 282 g/mol. The first-order valence-corrected chi connectivity index (χ1v) is 4.51. The summed E-state index contributed by atoms with van der Waals surface area (Å²) in [6.45, 7) is 1.07. The molecule has 100 valence electrons. The molecule has 0 radical (unpaired) electrons. The van der Waals surface area contributed by atoms with Crippen LogP contribution in [0.5, 0.6) is 0 Å². The molecule has 0 aliphatic rings. The van der Waals surface area contributed by atoms with Crippen LogP contribution in [0.15, 0.2) is 0 Å². The number of carbonyl (C=O) groups is 1. The Kier molecular flexibility index (Phi) is 4.75. The van der Waals surface area contributed by atoms with E-state index < -0.39 is 35.2 Å². The van der Waals surface area contributed by atoms with Crippen molar-refractivity contribution >= 4 is 23.1 Å². The Morgan fingerprint density at radius 2 is 1.53 bits per heavy atom. The minimum atomic E-state index is -5.72. The third kappa shape index (κ3) is 4.75. The van der Waals surface area contributed by atoms with Crippen LogP contribution in [0.3, 0.4) is 0 Å². The van der Waals surface area contributed by atoms with Gasteiger partial charge < -0.3 is 11.1 Å². The number of halogens is 6. The van der Waals surface area contributed by atoms with Crippen LogP contribution in [0.25, 0.3) is 0 Å². The van der Waals surface area contributed by atoms with Gasteiger partial charge in [0.25, 0.3) is 0 Å². The van der Waals surface area contributed by atoms with Crippen molar-refractivity contribution in [1.82, 2.24) is 5.32 Å². The first-order valence-electron chi connectivity index (χ1n) is 4.10. The highest BCUT2D eigenvalue weighted by Gasteiger charge is 2.61. The molecule has 0 aromatic rings. The summed E-state index contributed by atoms with van der Waals surface area (Å²) in [5, 5.41) is 1.45. The first-order chi connectivity index (χ1) is 7.37. The topological polar surface area (TPSA) is 55.1 Å². The van der Waals surface area contributed by atoms with Crippen LogP contribution < -0.4 is 11.1 Å². The Labute approximate surface area is 97.3 Å². The van der Waals surface area contributed by atoms with E-state index in [1.807, 2.05) is 0 Å². The van der Waals surface area contributed by atoms with Gasteiger partial charge in [-0.05, 0) is 6.92 Å². The minimum absolute atomic E-state index is 0.415. The predicted molar refractivity (Wildman–Crippen MR) is 50.0 cm³/mol. The van der Waals surface area contributed by atoms with Crippen molar-refractivity contribution in [3.05, 3.63) is 0 Å². The van der Waals surface area contributed by atoms with Crippen LogP contribution in [0.2, 0.25) is 0 Å². The van der Waals surface area contributed by atoms with Gasteiger partial charge in [0.15, 0.2) is 0 Å². The summed E-state index contributed by atoms with van der Waals surface area (Å²) in [6.07, 6.45) is -11.4. The number of hydrogen-bond donors (Lipinski definition) is 2. The van der Waals surface area contributed by atoms with E-state index in [-0.39, 0.29) is 0 Å². The lowest BCUT2D eigenvalue weighted by Crippen LogP contribution is -2.52. The molecule has 0 heterocycles. The number of alkyl halides is 6. The maximum Gasteiger partial charge on any atom is 0.409 e. The number of nitrogens with one attached hydrogen (secondary N) is 1. The van der Waals surface area contributed by atoms with Crippen LogP contribution in [-0.4, -0.2) is 29.3 Å². The van der Waals surface area contributed by atoms with Gasteiger partial charge in [-0.2, -0.15) is 26.3 Å². The molecule has 3 nitrogen and oxygen atoms in total. The van der Waals surface area contributed by atoms with E-state index in [0.717, 1.165) is 6.92 Å². The summed E-state index contributed by atoms with van der Waals surface area (Å²) in [7, 11) is 0. The third-order valence-corrected chi connectivity index (χ3v) is 2.06. The molecular formula is C7H8F6N2OS. The highest BCUT2D eigenvalue weighted by molar-refractivity contribution is 7.80. The Hall–Kier alpha value is -1.06. The van der Waals surface area contributed by atoms with E-state index in [1.54, 1.807) is 0 Å². The SMILES string of the molecule is CC(NC(=O)C(C(F)(F)F)C(F)(F)F)C(N)=S. The van der Waals surface area contributed by atoms with Gasteiger partial charge in [0, 0.05) is 0 Å². The monoisotopic (exact) mass is 282 g/mol. The lowest BCUT2D eigenvalue weighted by molar-refractivity contribution is -0.274. The van der Waals surface area contributed by atoms with Crippen LogP contribution >= 0.6 is 12.2 Å². The van der Waals surface area contributed by atoms with Gasteiger partial charge in [0.05, 0.1) is 11.0 Å². The van der Waals surface area contributed by atoms with Gasteiger partial charge in [0.1, 0.15) is 0 Å². The molecule has 0 aliphatic carbocycles. The molecule has 0 aromatic carbocycles. The number of rotatable bonds is 3. The molecular weight excluding hydrogens is 274 g/mol. The molecule has 0 saturated carbocycles. The van der Waals surface area contributed by atoms with E-state index >= 15 is 0 Å². The van der Waals surface area contributed by atoms with Gasteiger partial charge in [0.2, 0.25) is 11.8 Å². The van der Waals surface area contributed by atoms with Crippen molar-refractivity contribution in [1.29, 1.82) is 0 Å². The molecule has 0 spiro atoms. The number of hydrogen-bond acceptors (Lipinski definition) is 2. The molecule has 1 unspecified atom stereocenters. The molecule has 10 heteroatoms. The molecule has 0 rings (SSSR count). The van der Waals surface area contributed by atoms with Crippen molar-refractivity contribution in [3.63, 3.8) is 0 Å². The van der Waals surface area contributed by atoms with Crippen LogP contribution in [-0.2, 0) is 4.79 Å². The zero-order chi connectivity index (χ0) is 14.0. The number of amides is 1. The van der Waals surface area contributed by atoms with E-state index in [9.17, 15) is 31.1 Å². The fourth-order valence-electron chi connectivity index (χ4n) is 0.851. The highest BCUT2D eigenvalue weighted by atomic mass is 32.1. The van der Waals surface area contributed by atoms with E-state index in [2.05, 4.69) is 12.2 Å². The zero-order valence-corrected chi connectivity index (χ0v) is 9.13. The molecule has 0 fully saturated rings. The zero-order valence-electron chi connectivity index (χ0n) is 8.32. The van der Waals surface area contributed by atoms with Crippen molar-refractivity contribution in [2.75, 3.05) is 0 Å². The van der Waals surface area contributed by atoms with Crippen molar-refractivity contribution in [2.24, 2.45) is 11.7 Å². The summed E-state index contributed by atoms with van der Waals surface area (Å²) in [5.41, 5.74) is 4.96. The van der Waals surface area contributed by atoms with Gasteiger partial charge in [-0.25, -0.2) is 0 Å². The normalized spacial score (nSPS) is 14.6. The van der Waals surface area contributed by atoms with Gasteiger partial charge in [-0.15, -0.1) is 0 Å². The highest BCUT2D eigenvalue weighted by Crippen LogP contribution is 2.39. The summed E-state index contributed by atoms with van der Waals surface area (Å²) in [5.74, 6) is -6.32. The molecule has 0 aliphatic heterocycles. The van der Waals surface area contributed by atoms with Crippen LogP contribution in [0.4, 0.5) is 26.3 Å². The predicted octanol–water partition coefficient (Wildman–Crippen LogP) is 1.52. The molecule has 1 amide bonds. The Balaban J connectivity index is 4.98. The van der Waals surface area contributed by atoms with Gasteiger partial charge >= 0.3 is 12.4 Å². The Morgan fingerprint density at radius 1 is 1.18 bits per heavy atom. The average Bonchev–Trinajstić information content (AvgIpc) is 1.96. The van der Waals surface area contributed by atoms with Gasteiger partial charge in [-0.1, -0.05) is 12.2 Å². The number of carbonyl (C=O) groups excluding carboxylic acids is 1. The molecule has 0 bridgehead atoms. The second-order valence-corrected chi connectivity index (χ2v) is 3.62. The standard InChI is InChI=1S/C7H8F6N2OS/c1-2(4(14)17)15-5(16)3(6(8,9)10)7(11,12)13/h2-3H,1H3,(H2,14,17)(H,15,16). The van der Waals surface area contributed by atoms with Crippen LogP contribution in [0.1, 0.15) is 6.92 Å². The second kappa shape index (κ2) is 5.07. The fourth-order valence-corrected chi connectivity index (χ4v) is 0.910. The third-order valence-electron chi connectivity index (χ3n) is 1.70. The van der Waals surface area contributed by atoms with Crippen molar-refractivity contribution < 1.29 is 31.1 Å². The maximum atomic E-state index is 12.1. The smallest absolute Gasteiger partial charge is 0.392 e. The summed E-state index contributed by atoms with van der Waals surface area (Å²) < 4.78 is 72.4. The van der Waals surface area contributed by atoms with E-state index in [0.29, 0.717) is 0 Å². The number of thiocarbonyl (C=S) groups is 1. The summed E-state index contributed by atoms with van der Waals surface area (Å²) >= 11 is 4.31. The lowest BCUT2D eigenvalue weighted by Gasteiger charge is -2.23. The van der Waals surface area contributed by atoms with E-state index in [1.165, 1.54) is 5.32 Å². The van der Waals surface area contributed by atoms with Gasteiger partial charge in [-0.3, -0.25) is 4.79 Å². The summed E-state index contributed by atoms with van der Waals surface area (Å²) in [4.78, 5) is 10.5. The fraction of sp³-hybridized carbons (Fsp3) is 0.714.